The van der Waals surface area contributed by atoms with Crippen LogP contribution in [-0.2, 0) is 4.79 Å². The van der Waals surface area contributed by atoms with E-state index < -0.39 is 5.41 Å². The van der Waals surface area contributed by atoms with E-state index in [0.717, 1.165) is 6.42 Å². The summed E-state index contributed by atoms with van der Waals surface area (Å²) in [6, 6.07) is 5.55. The van der Waals surface area contributed by atoms with Crippen molar-refractivity contribution in [3.05, 3.63) is 41.7 Å². The Balaban J connectivity index is 1.94. The molecule has 124 valence electrons. The Bertz CT molecular complexity index is 761. The molecule has 1 amide bonds. The number of hydrogen-bond donors (Lipinski definition) is 0. The molecule has 5 heteroatoms. The van der Waals surface area contributed by atoms with Crippen molar-refractivity contribution in [3.8, 4) is 6.07 Å². The first-order chi connectivity index (χ1) is 11.3. The monoisotopic (exact) mass is 323 g/mol. The first-order valence-electron chi connectivity index (χ1n) is 8.16. The molecule has 0 spiro atoms. The maximum atomic E-state index is 12.7. The van der Waals surface area contributed by atoms with Crippen molar-refractivity contribution in [1.82, 2.24) is 9.88 Å². The van der Waals surface area contributed by atoms with Crippen molar-refractivity contribution in [2.75, 3.05) is 13.1 Å². The minimum absolute atomic E-state index is 0.0515. The Morgan fingerprint density at radius 3 is 2.79 bits per heavy atom. The van der Waals surface area contributed by atoms with E-state index in [4.69, 9.17) is 0 Å². The summed E-state index contributed by atoms with van der Waals surface area (Å²) >= 11 is 0. The third-order valence-electron chi connectivity index (χ3n) is 5.51. The number of amides is 1. The van der Waals surface area contributed by atoms with Crippen LogP contribution in [0.25, 0.3) is 0 Å². The molecule has 1 unspecified atom stereocenters. The molecule has 2 atom stereocenters. The van der Waals surface area contributed by atoms with Crippen LogP contribution in [0.5, 0.6) is 0 Å². The van der Waals surface area contributed by atoms with E-state index in [1.165, 1.54) is 0 Å². The van der Waals surface area contributed by atoms with E-state index in [9.17, 15) is 14.9 Å². The van der Waals surface area contributed by atoms with E-state index in [1.54, 1.807) is 30.6 Å². The summed E-state index contributed by atoms with van der Waals surface area (Å²) in [5.74, 6) is -0.0172. The molecule has 1 saturated heterocycles. The Morgan fingerprint density at radius 1 is 1.42 bits per heavy atom. The predicted octanol–water partition coefficient (Wildman–Crippen LogP) is 2.61. The number of fused-ring (bicyclic) bond motifs is 1. The molecule has 0 bridgehead atoms. The molecule has 3 rings (SSSR count). The number of ketones is 1. The molecule has 5 nitrogen and oxygen atoms in total. The average molecular weight is 323 g/mol. The molecule has 0 radical (unpaired) electrons. The second-order valence-corrected chi connectivity index (χ2v) is 7.54. The van der Waals surface area contributed by atoms with E-state index in [0.29, 0.717) is 18.7 Å². The number of hydrogen-bond acceptors (Lipinski definition) is 4. The standard InChI is InChI=1S/C19H21N3O2/c1-18(2)15-6-8-22(17(24)13-5-4-7-21-11-13)12-19(15,3)9-14(10-20)16(18)23/h4-5,7,9,11,15H,6,8,12H2,1-3H3/t15?,19-/m0/s1. The number of pyridine rings is 1. The zero-order chi connectivity index (χ0) is 17.5. The summed E-state index contributed by atoms with van der Waals surface area (Å²) in [5, 5.41) is 9.32. The van der Waals surface area contributed by atoms with E-state index in [2.05, 4.69) is 4.98 Å². The maximum absolute atomic E-state index is 12.7. The van der Waals surface area contributed by atoms with Crippen LogP contribution in [0.4, 0.5) is 0 Å². The van der Waals surface area contributed by atoms with Crippen molar-refractivity contribution in [2.45, 2.75) is 27.2 Å². The number of nitrogens with zero attached hydrogens (tertiary/aromatic N) is 3. The van der Waals surface area contributed by atoms with E-state index >= 15 is 0 Å². The highest BCUT2D eigenvalue weighted by molar-refractivity contribution is 6.04. The highest BCUT2D eigenvalue weighted by Gasteiger charge is 2.53. The van der Waals surface area contributed by atoms with Crippen LogP contribution in [-0.4, -0.2) is 34.7 Å². The SMILES string of the molecule is CC1(C)C(=O)C(C#N)=C[C@@]2(C)CN(C(=O)c3cccnc3)CCC12. The number of piperidine rings is 1. The summed E-state index contributed by atoms with van der Waals surface area (Å²) in [6.45, 7) is 7.00. The molecule has 1 aliphatic carbocycles. The number of rotatable bonds is 1. The molecule has 0 saturated carbocycles. The third-order valence-corrected chi connectivity index (χ3v) is 5.51. The van der Waals surface area contributed by atoms with Crippen molar-refractivity contribution < 1.29 is 9.59 Å². The fraction of sp³-hybridized carbons (Fsp3) is 0.474. The molecular weight excluding hydrogens is 302 g/mol. The molecule has 1 aliphatic heterocycles. The van der Waals surface area contributed by atoms with Crippen LogP contribution in [0.2, 0.25) is 0 Å². The normalized spacial score (nSPS) is 28.6. The highest BCUT2D eigenvalue weighted by atomic mass is 16.2. The van der Waals surface area contributed by atoms with Gasteiger partial charge in [-0.3, -0.25) is 14.6 Å². The average Bonchev–Trinajstić information content (AvgIpc) is 2.58. The van der Waals surface area contributed by atoms with Gasteiger partial charge < -0.3 is 4.90 Å². The molecule has 1 fully saturated rings. The van der Waals surface area contributed by atoms with Gasteiger partial charge in [0.25, 0.3) is 5.91 Å². The number of carbonyl (C=O) groups is 2. The molecule has 0 N–H and O–H groups in total. The number of allylic oxidation sites excluding steroid dienone is 1. The zero-order valence-corrected chi connectivity index (χ0v) is 14.2. The minimum atomic E-state index is -0.585. The highest BCUT2D eigenvalue weighted by Crippen LogP contribution is 2.52. The molecule has 0 aromatic carbocycles. The summed E-state index contributed by atoms with van der Waals surface area (Å²) in [5.41, 5.74) is -0.180. The van der Waals surface area contributed by atoms with Crippen molar-refractivity contribution in [3.63, 3.8) is 0 Å². The summed E-state index contributed by atoms with van der Waals surface area (Å²) < 4.78 is 0. The van der Waals surface area contributed by atoms with Crippen LogP contribution in [0.3, 0.4) is 0 Å². The van der Waals surface area contributed by atoms with Gasteiger partial charge in [0.05, 0.1) is 11.1 Å². The van der Waals surface area contributed by atoms with E-state index in [1.807, 2.05) is 31.7 Å². The second kappa shape index (κ2) is 5.55. The van der Waals surface area contributed by atoms with Crippen LogP contribution in [0, 0.1) is 28.1 Å². The lowest BCUT2D eigenvalue weighted by molar-refractivity contribution is -0.131. The molecule has 24 heavy (non-hydrogen) atoms. The lowest BCUT2D eigenvalue weighted by Crippen LogP contribution is -2.56. The van der Waals surface area contributed by atoms with Gasteiger partial charge in [-0.25, -0.2) is 0 Å². The Hall–Kier alpha value is -2.48. The van der Waals surface area contributed by atoms with Crippen molar-refractivity contribution >= 4 is 11.7 Å². The van der Waals surface area contributed by atoms with Gasteiger partial charge in [-0.05, 0) is 24.5 Å². The van der Waals surface area contributed by atoms with Gasteiger partial charge >= 0.3 is 0 Å². The number of likely N-dealkylation sites (tertiary alicyclic amines) is 1. The van der Waals surface area contributed by atoms with E-state index in [-0.39, 0.29) is 28.6 Å². The van der Waals surface area contributed by atoms with Crippen LogP contribution < -0.4 is 0 Å². The van der Waals surface area contributed by atoms with Crippen LogP contribution in [0.1, 0.15) is 37.6 Å². The quantitative estimate of drug-likeness (QED) is 0.796. The Labute approximate surface area is 142 Å². The lowest BCUT2D eigenvalue weighted by atomic mass is 9.55. The van der Waals surface area contributed by atoms with Crippen LogP contribution in [0.15, 0.2) is 36.2 Å². The largest absolute Gasteiger partial charge is 0.338 e. The first kappa shape index (κ1) is 16.4. The summed E-state index contributed by atoms with van der Waals surface area (Å²) in [4.78, 5) is 31.1. The van der Waals surface area contributed by atoms with Gasteiger partial charge in [0.1, 0.15) is 6.07 Å². The first-order valence-corrected chi connectivity index (χ1v) is 8.16. The summed E-state index contributed by atoms with van der Waals surface area (Å²) in [7, 11) is 0. The molecule has 2 aliphatic rings. The van der Waals surface area contributed by atoms with Gasteiger partial charge in [0.15, 0.2) is 5.78 Å². The Kier molecular flexibility index (Phi) is 3.79. The number of Topliss-reactive ketones (excluding diaryl/α,β-unsaturated/α-hetero) is 1. The zero-order valence-electron chi connectivity index (χ0n) is 14.2. The summed E-state index contributed by atoms with van der Waals surface area (Å²) in [6.07, 6.45) is 5.74. The topological polar surface area (TPSA) is 74.1 Å². The third kappa shape index (κ3) is 2.43. The smallest absolute Gasteiger partial charge is 0.255 e. The number of aromatic nitrogens is 1. The number of nitriles is 1. The molecule has 1 aromatic heterocycles. The molecule has 2 heterocycles. The minimum Gasteiger partial charge on any atom is -0.338 e. The van der Waals surface area contributed by atoms with Gasteiger partial charge in [-0.1, -0.05) is 26.8 Å². The van der Waals surface area contributed by atoms with Gasteiger partial charge in [0, 0.05) is 36.3 Å². The van der Waals surface area contributed by atoms with Crippen LogP contribution >= 0.6 is 0 Å². The molecular formula is C19H21N3O2. The lowest BCUT2D eigenvalue weighted by Gasteiger charge is -2.52. The fourth-order valence-electron chi connectivity index (χ4n) is 4.38. The molecule has 1 aromatic rings. The fourth-order valence-corrected chi connectivity index (χ4v) is 4.38. The second-order valence-electron chi connectivity index (χ2n) is 7.54. The van der Waals surface area contributed by atoms with Crippen molar-refractivity contribution in [1.29, 1.82) is 5.26 Å². The Morgan fingerprint density at radius 2 is 2.17 bits per heavy atom. The van der Waals surface area contributed by atoms with Gasteiger partial charge in [-0.2, -0.15) is 5.26 Å². The van der Waals surface area contributed by atoms with Gasteiger partial charge in [0.2, 0.25) is 0 Å². The maximum Gasteiger partial charge on any atom is 0.255 e. The number of carbonyl (C=O) groups excluding carboxylic acids is 2. The van der Waals surface area contributed by atoms with Crippen molar-refractivity contribution in [2.24, 2.45) is 16.7 Å². The van der Waals surface area contributed by atoms with Gasteiger partial charge in [-0.15, -0.1) is 0 Å². The predicted molar refractivity (Wildman–Crippen MR) is 88.8 cm³/mol.